The maximum atomic E-state index is 10.8. The topological polar surface area (TPSA) is 20.2 Å². The van der Waals surface area contributed by atoms with Crippen LogP contribution in [0.1, 0.15) is 22.8 Å². The third kappa shape index (κ3) is 2.84. The number of aliphatic hydroxyl groups excluding tert-OH is 1. The molecule has 3 aromatic carbocycles. The summed E-state index contributed by atoms with van der Waals surface area (Å²) in [5, 5.41) is 13.6. The van der Waals surface area contributed by atoms with Crippen molar-refractivity contribution < 1.29 is 5.11 Å². The molecule has 106 valence electrons. The molecule has 0 aliphatic heterocycles. The van der Waals surface area contributed by atoms with Crippen LogP contribution in [0.5, 0.6) is 0 Å². The van der Waals surface area contributed by atoms with Crippen LogP contribution in [0.25, 0.3) is 10.8 Å². The van der Waals surface area contributed by atoms with E-state index in [0.29, 0.717) is 5.02 Å². The molecule has 0 aromatic heterocycles. The van der Waals surface area contributed by atoms with Crippen LogP contribution >= 0.6 is 27.5 Å². The Hall–Kier alpha value is -1.35. The molecular formula is C18H14BrClO. The maximum Gasteiger partial charge on any atom is 0.105 e. The van der Waals surface area contributed by atoms with Crippen molar-refractivity contribution in [2.24, 2.45) is 0 Å². The zero-order chi connectivity index (χ0) is 15.0. The zero-order valence-electron chi connectivity index (χ0n) is 11.5. The largest absolute Gasteiger partial charge is 0.384 e. The Morgan fingerprint density at radius 1 is 1.05 bits per heavy atom. The number of aliphatic hydroxyl groups is 1. The molecule has 0 amide bonds. The Morgan fingerprint density at radius 3 is 2.57 bits per heavy atom. The van der Waals surface area contributed by atoms with Crippen LogP contribution < -0.4 is 0 Å². The SMILES string of the molecule is Cc1ccc2ccccc2c1C(O)c1cc(Cl)cc(Br)c1. The van der Waals surface area contributed by atoms with E-state index in [-0.39, 0.29) is 0 Å². The van der Waals surface area contributed by atoms with E-state index in [1.807, 2.05) is 43.3 Å². The van der Waals surface area contributed by atoms with Gasteiger partial charge in [0, 0.05) is 9.50 Å². The molecule has 1 nitrogen and oxygen atoms in total. The molecule has 1 unspecified atom stereocenters. The minimum absolute atomic E-state index is 0.608. The molecule has 0 heterocycles. The summed E-state index contributed by atoms with van der Waals surface area (Å²) in [6.45, 7) is 2.02. The van der Waals surface area contributed by atoms with Gasteiger partial charge in [0.15, 0.2) is 0 Å². The van der Waals surface area contributed by atoms with Gasteiger partial charge in [-0.05, 0) is 52.6 Å². The lowest BCUT2D eigenvalue weighted by molar-refractivity contribution is 0.221. The van der Waals surface area contributed by atoms with Crippen molar-refractivity contribution in [1.82, 2.24) is 0 Å². The molecule has 0 aliphatic rings. The second-order valence-corrected chi connectivity index (χ2v) is 6.47. The Bertz CT molecular complexity index is 793. The average Bonchev–Trinajstić information content (AvgIpc) is 2.45. The predicted octanol–water partition coefficient (Wildman–Crippen LogP) is 5.65. The van der Waals surface area contributed by atoms with Gasteiger partial charge in [-0.1, -0.05) is 63.9 Å². The molecule has 3 aromatic rings. The smallest absolute Gasteiger partial charge is 0.105 e. The van der Waals surface area contributed by atoms with Crippen LogP contribution in [-0.2, 0) is 0 Å². The van der Waals surface area contributed by atoms with Crippen LogP contribution in [0.4, 0.5) is 0 Å². The molecule has 0 fully saturated rings. The molecule has 3 heteroatoms. The highest BCUT2D eigenvalue weighted by Gasteiger charge is 2.17. The molecular weight excluding hydrogens is 348 g/mol. The fourth-order valence-electron chi connectivity index (χ4n) is 2.67. The summed E-state index contributed by atoms with van der Waals surface area (Å²) in [6.07, 6.45) is -0.703. The number of halogens is 2. The van der Waals surface area contributed by atoms with E-state index in [1.165, 1.54) is 0 Å². The van der Waals surface area contributed by atoms with Crippen molar-refractivity contribution in [3.8, 4) is 0 Å². The normalized spacial score (nSPS) is 12.6. The monoisotopic (exact) mass is 360 g/mol. The summed E-state index contributed by atoms with van der Waals surface area (Å²) in [7, 11) is 0. The van der Waals surface area contributed by atoms with E-state index in [4.69, 9.17) is 11.6 Å². The summed E-state index contributed by atoms with van der Waals surface area (Å²) >= 11 is 9.53. The van der Waals surface area contributed by atoms with Crippen molar-refractivity contribution in [1.29, 1.82) is 0 Å². The van der Waals surface area contributed by atoms with E-state index in [9.17, 15) is 5.11 Å². The molecule has 0 saturated carbocycles. The summed E-state index contributed by atoms with van der Waals surface area (Å²) in [6, 6.07) is 17.7. The number of rotatable bonds is 2. The van der Waals surface area contributed by atoms with Gasteiger partial charge in [0.1, 0.15) is 6.10 Å². The van der Waals surface area contributed by atoms with Crippen molar-refractivity contribution in [2.75, 3.05) is 0 Å². The van der Waals surface area contributed by atoms with Crippen LogP contribution in [0.3, 0.4) is 0 Å². The Morgan fingerprint density at radius 2 is 1.81 bits per heavy atom. The van der Waals surface area contributed by atoms with Gasteiger partial charge in [0.25, 0.3) is 0 Å². The number of aryl methyl sites for hydroxylation is 1. The molecule has 0 bridgehead atoms. The van der Waals surface area contributed by atoms with E-state index in [0.717, 1.165) is 31.9 Å². The van der Waals surface area contributed by atoms with Crippen LogP contribution in [0, 0.1) is 6.92 Å². The van der Waals surface area contributed by atoms with Crippen molar-refractivity contribution >= 4 is 38.3 Å². The lowest BCUT2D eigenvalue weighted by Gasteiger charge is -2.17. The first-order chi connectivity index (χ1) is 10.1. The second kappa shape index (κ2) is 5.80. The summed E-state index contributed by atoms with van der Waals surface area (Å²) in [5.41, 5.74) is 2.79. The Labute approximate surface area is 137 Å². The molecule has 1 N–H and O–H groups in total. The third-order valence-electron chi connectivity index (χ3n) is 3.66. The molecule has 0 saturated heterocycles. The molecule has 0 spiro atoms. The quantitative estimate of drug-likeness (QED) is 0.625. The minimum Gasteiger partial charge on any atom is -0.384 e. The van der Waals surface area contributed by atoms with Gasteiger partial charge >= 0.3 is 0 Å². The van der Waals surface area contributed by atoms with Gasteiger partial charge in [-0.15, -0.1) is 0 Å². The molecule has 0 radical (unpaired) electrons. The predicted molar refractivity (Wildman–Crippen MR) is 91.9 cm³/mol. The highest BCUT2D eigenvalue weighted by atomic mass is 79.9. The van der Waals surface area contributed by atoms with E-state index in [2.05, 4.69) is 28.1 Å². The van der Waals surface area contributed by atoms with Gasteiger partial charge in [-0.2, -0.15) is 0 Å². The first-order valence-electron chi connectivity index (χ1n) is 6.68. The fraction of sp³-hybridized carbons (Fsp3) is 0.111. The number of hydrogen-bond donors (Lipinski definition) is 1. The lowest BCUT2D eigenvalue weighted by atomic mass is 9.92. The van der Waals surface area contributed by atoms with E-state index < -0.39 is 6.10 Å². The second-order valence-electron chi connectivity index (χ2n) is 5.12. The van der Waals surface area contributed by atoms with E-state index in [1.54, 1.807) is 6.07 Å². The van der Waals surface area contributed by atoms with Crippen LogP contribution in [-0.4, -0.2) is 5.11 Å². The van der Waals surface area contributed by atoms with Gasteiger partial charge in [-0.25, -0.2) is 0 Å². The Kier molecular flexibility index (Phi) is 4.03. The summed E-state index contributed by atoms with van der Waals surface area (Å²) in [4.78, 5) is 0. The van der Waals surface area contributed by atoms with Crippen molar-refractivity contribution in [3.05, 3.63) is 80.8 Å². The first-order valence-corrected chi connectivity index (χ1v) is 7.85. The molecule has 0 aliphatic carbocycles. The number of hydrogen-bond acceptors (Lipinski definition) is 1. The third-order valence-corrected chi connectivity index (χ3v) is 4.34. The highest BCUT2D eigenvalue weighted by molar-refractivity contribution is 9.10. The van der Waals surface area contributed by atoms with Gasteiger partial charge in [0.2, 0.25) is 0 Å². The van der Waals surface area contributed by atoms with Gasteiger partial charge in [0.05, 0.1) is 0 Å². The summed E-state index contributed by atoms with van der Waals surface area (Å²) < 4.78 is 0.863. The molecule has 1 atom stereocenters. The van der Waals surface area contributed by atoms with Crippen molar-refractivity contribution in [2.45, 2.75) is 13.0 Å². The summed E-state index contributed by atoms with van der Waals surface area (Å²) in [5.74, 6) is 0. The van der Waals surface area contributed by atoms with Crippen LogP contribution in [0.15, 0.2) is 59.1 Å². The van der Waals surface area contributed by atoms with Gasteiger partial charge in [-0.3, -0.25) is 0 Å². The maximum absolute atomic E-state index is 10.8. The minimum atomic E-state index is -0.703. The lowest BCUT2D eigenvalue weighted by Crippen LogP contribution is -2.03. The number of fused-ring (bicyclic) bond motifs is 1. The average molecular weight is 362 g/mol. The first kappa shape index (κ1) is 14.6. The molecule has 3 rings (SSSR count). The fourth-order valence-corrected chi connectivity index (χ4v) is 3.55. The van der Waals surface area contributed by atoms with Gasteiger partial charge < -0.3 is 5.11 Å². The zero-order valence-corrected chi connectivity index (χ0v) is 13.8. The standard InChI is InChI=1S/C18H14BrClO/c1-11-6-7-12-4-2-3-5-16(12)17(11)18(21)13-8-14(19)10-15(20)9-13/h2-10,18,21H,1H3. The van der Waals surface area contributed by atoms with Crippen molar-refractivity contribution in [3.63, 3.8) is 0 Å². The molecule has 21 heavy (non-hydrogen) atoms. The highest BCUT2D eigenvalue weighted by Crippen LogP contribution is 2.33. The Balaban J connectivity index is 2.21. The number of benzene rings is 3. The van der Waals surface area contributed by atoms with Crippen LogP contribution in [0.2, 0.25) is 5.02 Å². The van der Waals surface area contributed by atoms with E-state index >= 15 is 0 Å².